The molecule has 186 valence electrons. The van der Waals surface area contributed by atoms with E-state index < -0.39 is 46.1 Å². The molecule has 0 aromatic heterocycles. The summed E-state index contributed by atoms with van der Waals surface area (Å²) in [5.74, 6) is -0.898. The Hall–Kier alpha value is -1.04. The molecule has 11 nitrogen and oxygen atoms in total. The fraction of sp³-hybridized carbons (Fsp3) is 0.889. The molecule has 0 aliphatic carbocycles. The first-order valence-electron chi connectivity index (χ1n) is 9.69. The van der Waals surface area contributed by atoms with Crippen LogP contribution in [0.5, 0.6) is 0 Å². The number of esters is 1. The summed E-state index contributed by atoms with van der Waals surface area (Å²) >= 11 is 0. The molecule has 0 fully saturated rings. The molecule has 0 aliphatic heterocycles. The maximum Gasteiger partial charge on any atom is 0.469 e. The average molecular weight is 492 g/mol. The van der Waals surface area contributed by atoms with Gasteiger partial charge in [-0.15, -0.1) is 0 Å². The number of carbonyl (C=O) groups excluding carboxylic acids is 1. The van der Waals surface area contributed by atoms with E-state index in [2.05, 4.69) is 4.52 Å². The van der Waals surface area contributed by atoms with Gasteiger partial charge in [0.15, 0.2) is 5.90 Å². The zero-order chi connectivity index (χ0) is 25.3. The maximum absolute atomic E-state index is 11.3. The van der Waals surface area contributed by atoms with Crippen molar-refractivity contribution < 1.29 is 46.1 Å². The standard InChI is InChI=1S/C10H21NO4S.C8H17O6P/c1-6-9(2,3)8(11)15-10(4,5)7-16(12,13)14;1-4-8(2,3)7(9)13-5-6-14-15(10,11)12/h11H,6-7H2,1-5H3,(H,12,13,14);4-6H2,1-3H3,(H2,10,11,12). The topological polar surface area (TPSA) is 181 Å². The van der Waals surface area contributed by atoms with Crippen LogP contribution < -0.4 is 0 Å². The largest absolute Gasteiger partial charge is 0.474 e. The van der Waals surface area contributed by atoms with Gasteiger partial charge in [-0.25, -0.2) is 4.57 Å². The Morgan fingerprint density at radius 3 is 1.77 bits per heavy atom. The van der Waals surface area contributed by atoms with E-state index in [0.717, 1.165) is 0 Å². The number of nitrogens with one attached hydrogen (secondary N) is 1. The monoisotopic (exact) mass is 491 g/mol. The van der Waals surface area contributed by atoms with Crippen molar-refractivity contribution in [1.29, 1.82) is 5.41 Å². The van der Waals surface area contributed by atoms with Crippen molar-refractivity contribution in [1.82, 2.24) is 0 Å². The average Bonchev–Trinajstić information content (AvgIpc) is 2.55. The minimum atomic E-state index is -4.46. The Balaban J connectivity index is 0. The lowest BCUT2D eigenvalue weighted by atomic mass is 9.90. The van der Waals surface area contributed by atoms with Gasteiger partial charge in [0.1, 0.15) is 18.0 Å². The van der Waals surface area contributed by atoms with Gasteiger partial charge in [0.05, 0.1) is 12.0 Å². The minimum Gasteiger partial charge on any atom is -0.474 e. The highest BCUT2D eigenvalue weighted by molar-refractivity contribution is 7.85. The molecule has 0 rings (SSSR count). The quantitative estimate of drug-likeness (QED) is 0.0837. The molecule has 0 unspecified atom stereocenters. The molecule has 0 spiro atoms. The fourth-order valence-corrected chi connectivity index (χ4v) is 2.92. The van der Waals surface area contributed by atoms with Gasteiger partial charge >= 0.3 is 13.8 Å². The van der Waals surface area contributed by atoms with Crippen LogP contribution in [-0.4, -0.2) is 59.2 Å². The van der Waals surface area contributed by atoms with Crippen LogP contribution in [0.25, 0.3) is 0 Å². The molecule has 0 atom stereocenters. The van der Waals surface area contributed by atoms with Crippen LogP contribution in [0, 0.1) is 16.2 Å². The van der Waals surface area contributed by atoms with E-state index in [0.29, 0.717) is 12.8 Å². The summed E-state index contributed by atoms with van der Waals surface area (Å²) in [4.78, 5) is 28.0. The molecule has 0 amide bonds. The zero-order valence-corrected chi connectivity index (χ0v) is 21.3. The predicted octanol–water partition coefficient (Wildman–Crippen LogP) is 3.16. The van der Waals surface area contributed by atoms with Crippen molar-refractivity contribution >= 4 is 29.8 Å². The molecular weight excluding hydrogens is 453 g/mol. The van der Waals surface area contributed by atoms with Crippen LogP contribution in [-0.2, 0) is 33.5 Å². The number of hydrogen-bond donors (Lipinski definition) is 4. The van der Waals surface area contributed by atoms with E-state index in [1.165, 1.54) is 13.8 Å². The second-order valence-electron chi connectivity index (χ2n) is 8.85. The number of hydrogen-bond acceptors (Lipinski definition) is 8. The number of carbonyl (C=O) groups is 1. The van der Waals surface area contributed by atoms with Crippen LogP contribution in [0.3, 0.4) is 0 Å². The van der Waals surface area contributed by atoms with E-state index in [-0.39, 0.29) is 19.1 Å². The Bertz CT molecular complexity index is 740. The predicted molar refractivity (Wildman–Crippen MR) is 116 cm³/mol. The number of phosphoric acid groups is 1. The van der Waals surface area contributed by atoms with Gasteiger partial charge in [0.2, 0.25) is 0 Å². The number of rotatable bonds is 11. The Kier molecular flexibility index (Phi) is 12.7. The molecule has 0 aromatic carbocycles. The van der Waals surface area contributed by atoms with Gasteiger partial charge in [-0.1, -0.05) is 27.7 Å². The molecule has 13 heteroatoms. The van der Waals surface area contributed by atoms with Crippen molar-refractivity contribution in [2.24, 2.45) is 10.8 Å². The fourth-order valence-electron chi connectivity index (χ4n) is 1.67. The highest BCUT2D eigenvalue weighted by Gasteiger charge is 2.33. The van der Waals surface area contributed by atoms with Gasteiger partial charge in [-0.2, -0.15) is 8.42 Å². The summed E-state index contributed by atoms with van der Waals surface area (Å²) in [6.45, 7) is 13.5. The summed E-state index contributed by atoms with van der Waals surface area (Å²) < 4.78 is 54.7. The minimum absolute atomic E-state index is 0.0312. The van der Waals surface area contributed by atoms with Gasteiger partial charge in [0.25, 0.3) is 10.1 Å². The van der Waals surface area contributed by atoms with Gasteiger partial charge < -0.3 is 19.3 Å². The van der Waals surface area contributed by atoms with Gasteiger partial charge in [-0.3, -0.25) is 19.3 Å². The van der Waals surface area contributed by atoms with E-state index in [1.807, 2.05) is 27.7 Å². The first-order chi connectivity index (χ1) is 13.6. The Morgan fingerprint density at radius 2 is 1.42 bits per heavy atom. The van der Waals surface area contributed by atoms with Crippen LogP contribution in [0.15, 0.2) is 0 Å². The number of ether oxygens (including phenoxy) is 2. The third-order valence-corrected chi connectivity index (χ3v) is 6.00. The maximum atomic E-state index is 11.3. The molecule has 4 N–H and O–H groups in total. The smallest absolute Gasteiger partial charge is 0.469 e. The van der Waals surface area contributed by atoms with Crippen molar-refractivity contribution in [3.05, 3.63) is 0 Å². The summed E-state index contributed by atoms with van der Waals surface area (Å²) in [6.07, 6.45) is 1.35. The van der Waals surface area contributed by atoms with Crippen molar-refractivity contribution in [2.45, 2.75) is 73.8 Å². The van der Waals surface area contributed by atoms with E-state index >= 15 is 0 Å². The van der Waals surface area contributed by atoms with Crippen LogP contribution in [0.1, 0.15) is 68.2 Å². The molecule has 0 radical (unpaired) electrons. The van der Waals surface area contributed by atoms with E-state index in [4.69, 9.17) is 29.2 Å². The summed E-state index contributed by atoms with van der Waals surface area (Å²) in [5.41, 5.74) is -2.12. The molecule has 0 aromatic rings. The van der Waals surface area contributed by atoms with Crippen LogP contribution in [0.2, 0.25) is 0 Å². The van der Waals surface area contributed by atoms with Gasteiger partial charge in [0, 0.05) is 5.41 Å². The third kappa shape index (κ3) is 16.3. The van der Waals surface area contributed by atoms with Crippen LogP contribution in [0.4, 0.5) is 0 Å². The molecule has 0 saturated carbocycles. The second kappa shape index (κ2) is 12.3. The lowest BCUT2D eigenvalue weighted by molar-refractivity contribution is -0.155. The van der Waals surface area contributed by atoms with Crippen molar-refractivity contribution in [3.8, 4) is 0 Å². The second-order valence-corrected chi connectivity index (χ2v) is 11.5. The molecule has 0 saturated heterocycles. The van der Waals surface area contributed by atoms with Crippen molar-refractivity contribution in [2.75, 3.05) is 19.0 Å². The number of phosphoric ester groups is 1. The molecular formula is C18H38NO10PS. The summed E-state index contributed by atoms with van der Waals surface area (Å²) in [5, 5.41) is 7.76. The Labute approximate surface area is 185 Å². The Morgan fingerprint density at radius 1 is 0.968 bits per heavy atom. The highest BCUT2D eigenvalue weighted by atomic mass is 32.2. The van der Waals surface area contributed by atoms with Gasteiger partial charge in [-0.05, 0) is 40.5 Å². The first-order valence-corrected chi connectivity index (χ1v) is 12.8. The van der Waals surface area contributed by atoms with Crippen molar-refractivity contribution in [3.63, 3.8) is 0 Å². The lowest BCUT2D eigenvalue weighted by Gasteiger charge is -2.31. The first kappa shape index (κ1) is 32.1. The highest BCUT2D eigenvalue weighted by Crippen LogP contribution is 2.35. The molecule has 0 heterocycles. The third-order valence-electron chi connectivity index (χ3n) is 4.42. The summed E-state index contributed by atoms with van der Waals surface area (Å²) in [6, 6.07) is 0. The zero-order valence-electron chi connectivity index (χ0n) is 19.6. The molecule has 0 bridgehead atoms. The van der Waals surface area contributed by atoms with E-state index in [1.54, 1.807) is 13.8 Å². The normalized spacial score (nSPS) is 13.1. The molecule has 31 heavy (non-hydrogen) atoms. The van der Waals surface area contributed by atoms with E-state index in [9.17, 15) is 17.8 Å². The SMILES string of the molecule is CCC(C)(C)C(=N)OC(C)(C)CS(=O)(=O)O.CCC(C)(C)C(=O)OCCOP(=O)(O)O. The lowest BCUT2D eigenvalue weighted by Crippen LogP contribution is -2.39. The van der Waals surface area contributed by atoms with Crippen LogP contribution >= 0.6 is 7.82 Å². The molecule has 0 aliphatic rings. The summed E-state index contributed by atoms with van der Waals surface area (Å²) in [7, 11) is -8.57.